The molecule has 0 saturated heterocycles. The average molecular weight is 252 g/mol. The van der Waals surface area contributed by atoms with E-state index in [4.69, 9.17) is 4.74 Å². The molecule has 18 heavy (non-hydrogen) atoms. The normalized spacial score (nSPS) is 33.0. The van der Waals surface area contributed by atoms with Gasteiger partial charge in [0.15, 0.2) is 0 Å². The van der Waals surface area contributed by atoms with E-state index >= 15 is 0 Å². The van der Waals surface area contributed by atoms with E-state index < -0.39 is 0 Å². The third-order valence-corrected chi connectivity index (χ3v) is 4.12. The fourth-order valence-corrected chi connectivity index (χ4v) is 3.83. The van der Waals surface area contributed by atoms with E-state index in [1.165, 1.54) is 0 Å². The largest absolute Gasteiger partial charge is 0.459 e. The number of hydrogen-bond donors (Lipinski definition) is 0. The zero-order valence-corrected chi connectivity index (χ0v) is 12.7. The molecule has 2 nitrogen and oxygen atoms in total. The molecule has 1 aliphatic carbocycles. The van der Waals surface area contributed by atoms with Gasteiger partial charge in [0.2, 0.25) is 0 Å². The molecule has 1 aliphatic rings. The van der Waals surface area contributed by atoms with Gasteiger partial charge in [0, 0.05) is 5.57 Å². The summed E-state index contributed by atoms with van der Waals surface area (Å²) in [6.07, 6.45) is 2.02. The quantitative estimate of drug-likeness (QED) is 0.544. The first-order valence-electron chi connectivity index (χ1n) is 6.99. The molecule has 0 aromatic carbocycles. The standard InChI is InChI=1S/C16H28O2/c1-10(2)15(17)18-13-8-11(3)14(12(4)9-13)16(5,6)7/h11-14H,1,8-9H2,2-7H3. The molecular formula is C16H28O2. The van der Waals surface area contributed by atoms with E-state index in [9.17, 15) is 4.79 Å². The lowest BCUT2D eigenvalue weighted by Crippen LogP contribution is -2.41. The van der Waals surface area contributed by atoms with Crippen molar-refractivity contribution in [3.05, 3.63) is 12.2 Å². The molecule has 0 N–H and O–H groups in total. The van der Waals surface area contributed by atoms with Crippen LogP contribution in [-0.4, -0.2) is 12.1 Å². The molecule has 104 valence electrons. The second-order valence-electron chi connectivity index (χ2n) is 7.13. The summed E-state index contributed by atoms with van der Waals surface area (Å²) < 4.78 is 5.52. The summed E-state index contributed by atoms with van der Waals surface area (Å²) in [5.74, 6) is 1.64. The van der Waals surface area contributed by atoms with E-state index in [1.807, 2.05) is 0 Å². The SMILES string of the molecule is C=C(C)C(=O)OC1CC(C)C(C(C)(C)C)C(C)C1. The van der Waals surface area contributed by atoms with Crippen molar-refractivity contribution in [3.63, 3.8) is 0 Å². The van der Waals surface area contributed by atoms with Crippen molar-refractivity contribution >= 4 is 5.97 Å². The van der Waals surface area contributed by atoms with Gasteiger partial charge < -0.3 is 4.74 Å². The van der Waals surface area contributed by atoms with Crippen molar-refractivity contribution in [2.24, 2.45) is 23.2 Å². The monoisotopic (exact) mass is 252 g/mol. The minimum Gasteiger partial charge on any atom is -0.459 e. The van der Waals surface area contributed by atoms with Crippen LogP contribution in [0.5, 0.6) is 0 Å². The fourth-order valence-electron chi connectivity index (χ4n) is 3.83. The van der Waals surface area contributed by atoms with E-state index in [1.54, 1.807) is 6.92 Å². The summed E-state index contributed by atoms with van der Waals surface area (Å²) in [7, 11) is 0. The molecule has 2 unspecified atom stereocenters. The topological polar surface area (TPSA) is 26.3 Å². The molecule has 0 aromatic heterocycles. The lowest BCUT2D eigenvalue weighted by Gasteiger charge is -2.45. The number of rotatable bonds is 2. The third kappa shape index (κ3) is 3.60. The minimum atomic E-state index is -0.242. The summed E-state index contributed by atoms with van der Waals surface area (Å²) >= 11 is 0. The van der Waals surface area contributed by atoms with Crippen molar-refractivity contribution in [1.82, 2.24) is 0 Å². The summed E-state index contributed by atoms with van der Waals surface area (Å²) in [5, 5.41) is 0. The lowest BCUT2D eigenvalue weighted by molar-refractivity contribution is -0.149. The first-order chi connectivity index (χ1) is 8.12. The van der Waals surface area contributed by atoms with Crippen LogP contribution in [0.15, 0.2) is 12.2 Å². The molecule has 0 heterocycles. The van der Waals surface area contributed by atoms with Crippen LogP contribution in [0, 0.1) is 23.2 Å². The predicted octanol–water partition coefficient (Wildman–Crippen LogP) is 4.20. The van der Waals surface area contributed by atoms with Gasteiger partial charge >= 0.3 is 5.97 Å². The van der Waals surface area contributed by atoms with Crippen LogP contribution in [0.25, 0.3) is 0 Å². The predicted molar refractivity (Wildman–Crippen MR) is 75.2 cm³/mol. The van der Waals surface area contributed by atoms with Crippen molar-refractivity contribution < 1.29 is 9.53 Å². The van der Waals surface area contributed by atoms with Gasteiger partial charge in [-0.25, -0.2) is 4.79 Å². The molecule has 2 heteroatoms. The molecule has 0 amide bonds. The van der Waals surface area contributed by atoms with Crippen LogP contribution < -0.4 is 0 Å². The van der Waals surface area contributed by atoms with Crippen molar-refractivity contribution in [3.8, 4) is 0 Å². The second-order valence-corrected chi connectivity index (χ2v) is 7.13. The Morgan fingerprint density at radius 2 is 1.61 bits per heavy atom. The molecule has 0 aliphatic heterocycles. The van der Waals surface area contributed by atoms with Crippen molar-refractivity contribution in [1.29, 1.82) is 0 Å². The second kappa shape index (κ2) is 5.46. The van der Waals surface area contributed by atoms with Crippen molar-refractivity contribution in [2.75, 3.05) is 0 Å². The van der Waals surface area contributed by atoms with Crippen LogP contribution in [0.1, 0.15) is 54.4 Å². The van der Waals surface area contributed by atoms with Gasteiger partial charge in [0.1, 0.15) is 6.10 Å². The Balaban J connectivity index is 2.67. The summed E-state index contributed by atoms with van der Waals surface area (Å²) in [6.45, 7) is 16.8. The Morgan fingerprint density at radius 3 is 1.94 bits per heavy atom. The molecule has 1 rings (SSSR count). The minimum absolute atomic E-state index is 0.0674. The Labute approximate surface area is 112 Å². The highest BCUT2D eigenvalue weighted by Crippen LogP contribution is 2.45. The van der Waals surface area contributed by atoms with E-state index in [0.717, 1.165) is 12.8 Å². The maximum absolute atomic E-state index is 11.6. The summed E-state index contributed by atoms with van der Waals surface area (Å²) in [5.41, 5.74) is 0.815. The van der Waals surface area contributed by atoms with Crippen LogP contribution >= 0.6 is 0 Å². The number of carbonyl (C=O) groups is 1. The summed E-state index contributed by atoms with van der Waals surface area (Å²) in [4.78, 5) is 11.6. The molecule has 0 aromatic rings. The van der Waals surface area contributed by atoms with Crippen LogP contribution in [0.4, 0.5) is 0 Å². The van der Waals surface area contributed by atoms with Gasteiger partial charge in [0.05, 0.1) is 0 Å². The Bertz CT molecular complexity index is 312. The van der Waals surface area contributed by atoms with Gasteiger partial charge in [-0.05, 0) is 42.9 Å². The number of hydrogen-bond acceptors (Lipinski definition) is 2. The van der Waals surface area contributed by atoms with E-state index in [-0.39, 0.29) is 12.1 Å². The average Bonchev–Trinajstić information content (AvgIpc) is 2.13. The van der Waals surface area contributed by atoms with E-state index in [2.05, 4.69) is 41.2 Å². The van der Waals surface area contributed by atoms with Crippen molar-refractivity contribution in [2.45, 2.75) is 60.5 Å². The number of carbonyl (C=O) groups excluding carboxylic acids is 1. The first-order valence-corrected chi connectivity index (χ1v) is 6.99. The fraction of sp³-hybridized carbons (Fsp3) is 0.812. The van der Waals surface area contributed by atoms with Crippen LogP contribution in [0.2, 0.25) is 0 Å². The smallest absolute Gasteiger partial charge is 0.333 e. The Morgan fingerprint density at radius 1 is 1.17 bits per heavy atom. The molecule has 1 fully saturated rings. The number of ether oxygens (including phenoxy) is 1. The molecule has 0 bridgehead atoms. The molecular weight excluding hydrogens is 224 g/mol. The maximum atomic E-state index is 11.6. The van der Waals surface area contributed by atoms with Gasteiger partial charge in [-0.2, -0.15) is 0 Å². The number of esters is 1. The molecule has 0 spiro atoms. The Kier molecular flexibility index (Phi) is 4.63. The van der Waals surface area contributed by atoms with Crippen LogP contribution in [-0.2, 0) is 9.53 Å². The zero-order chi connectivity index (χ0) is 14.1. The summed E-state index contributed by atoms with van der Waals surface area (Å²) in [6, 6.07) is 0. The lowest BCUT2D eigenvalue weighted by atomic mass is 9.62. The van der Waals surface area contributed by atoms with Gasteiger partial charge in [-0.3, -0.25) is 0 Å². The molecule has 1 saturated carbocycles. The van der Waals surface area contributed by atoms with Gasteiger partial charge in [0.25, 0.3) is 0 Å². The maximum Gasteiger partial charge on any atom is 0.333 e. The third-order valence-electron chi connectivity index (χ3n) is 4.12. The molecule has 0 radical (unpaired) electrons. The van der Waals surface area contributed by atoms with Gasteiger partial charge in [-0.1, -0.05) is 41.2 Å². The Hall–Kier alpha value is -0.790. The highest BCUT2D eigenvalue weighted by molar-refractivity contribution is 5.87. The van der Waals surface area contributed by atoms with Crippen LogP contribution in [0.3, 0.4) is 0 Å². The molecule has 2 atom stereocenters. The van der Waals surface area contributed by atoms with E-state index in [0.29, 0.717) is 28.7 Å². The highest BCUT2D eigenvalue weighted by atomic mass is 16.5. The van der Waals surface area contributed by atoms with Gasteiger partial charge in [-0.15, -0.1) is 0 Å². The highest BCUT2D eigenvalue weighted by Gasteiger charge is 2.40. The zero-order valence-electron chi connectivity index (χ0n) is 12.7. The first kappa shape index (κ1) is 15.3.